The molecule has 2 rings (SSSR count). The molecule has 0 saturated carbocycles. The molecule has 1 aliphatic rings. The second-order valence-corrected chi connectivity index (χ2v) is 26.8. The number of hydrogen-bond donors (Lipinski definition) is 0. The van der Waals surface area contributed by atoms with Crippen LogP contribution in [0.2, 0.25) is 26.2 Å². The minimum atomic E-state index is -1.69. The molecule has 1 aromatic carbocycles. The molecule has 22 heavy (non-hydrogen) atoms. The third-order valence-electron chi connectivity index (χ3n) is 5.53. The average Bonchev–Trinajstić information content (AvgIpc) is 2.77. The van der Waals surface area contributed by atoms with E-state index in [0.29, 0.717) is 0 Å². The first-order chi connectivity index (χ1) is 9.88. The first kappa shape index (κ1) is 18.0. The summed E-state index contributed by atoms with van der Waals surface area (Å²) < 4.78 is 0. The van der Waals surface area contributed by atoms with Gasteiger partial charge in [0.15, 0.2) is 0 Å². The monoisotopic (exact) mass is 350 g/mol. The Morgan fingerprint density at radius 2 is 1.68 bits per heavy atom. The highest BCUT2D eigenvalue weighted by atomic mass is 35.6. The number of halogens is 1. The highest BCUT2D eigenvalue weighted by molar-refractivity contribution is 7.61. The van der Waals surface area contributed by atoms with Crippen molar-refractivity contribution >= 4 is 36.8 Å². The van der Waals surface area contributed by atoms with Crippen LogP contribution in [-0.2, 0) is 11.8 Å². The fraction of sp³-hybridized carbons (Fsp3) is 0.579. The molecule has 1 aliphatic carbocycles. The van der Waals surface area contributed by atoms with Crippen molar-refractivity contribution in [3.05, 3.63) is 34.4 Å². The van der Waals surface area contributed by atoms with Gasteiger partial charge in [-0.3, -0.25) is 0 Å². The van der Waals surface area contributed by atoms with Crippen molar-refractivity contribution < 1.29 is 0 Å². The van der Waals surface area contributed by atoms with E-state index in [4.69, 9.17) is 11.1 Å². The van der Waals surface area contributed by atoms with Gasteiger partial charge in [0.2, 0.25) is 0 Å². The van der Waals surface area contributed by atoms with Gasteiger partial charge in [-0.15, -0.1) is 0 Å². The van der Waals surface area contributed by atoms with Crippen LogP contribution in [0.1, 0.15) is 50.8 Å². The largest absolute Gasteiger partial charge is 0.171 e. The maximum Gasteiger partial charge on any atom is 0.146 e. The minimum Gasteiger partial charge on any atom is -0.171 e. The summed E-state index contributed by atoms with van der Waals surface area (Å²) >= 11 is 6.98. The molecule has 0 spiro atoms. The van der Waals surface area contributed by atoms with E-state index >= 15 is 0 Å². The lowest BCUT2D eigenvalue weighted by Gasteiger charge is -2.36. The van der Waals surface area contributed by atoms with Crippen LogP contribution in [0.4, 0.5) is 0 Å². The quantitative estimate of drug-likeness (QED) is 0.479. The van der Waals surface area contributed by atoms with Crippen molar-refractivity contribution in [1.29, 1.82) is 0 Å². The van der Waals surface area contributed by atoms with Crippen LogP contribution in [-0.4, -0.2) is 14.5 Å². The van der Waals surface area contributed by atoms with Crippen LogP contribution in [0.25, 0.3) is 6.08 Å². The molecule has 3 heteroatoms. The molecule has 1 aromatic rings. The van der Waals surface area contributed by atoms with E-state index in [2.05, 4.69) is 72.1 Å². The number of fused-ring (bicyclic) bond motifs is 1. The van der Waals surface area contributed by atoms with Crippen molar-refractivity contribution in [2.75, 3.05) is 0 Å². The third kappa shape index (κ3) is 3.15. The van der Waals surface area contributed by atoms with Crippen LogP contribution in [0.3, 0.4) is 0 Å². The Hall–Kier alpha value is -0.316. The first-order valence-electron chi connectivity index (χ1n) is 8.44. The average molecular weight is 351 g/mol. The lowest BCUT2D eigenvalue weighted by molar-refractivity contribution is 0.590. The Kier molecular flexibility index (Phi) is 4.62. The number of rotatable bonds is 3. The van der Waals surface area contributed by atoms with Crippen molar-refractivity contribution in [3.8, 4) is 0 Å². The maximum atomic E-state index is 6.98. The molecule has 0 amide bonds. The molecule has 0 radical (unpaired) electrons. The predicted octanol–water partition coefficient (Wildman–Crippen LogP) is 5.77. The minimum absolute atomic E-state index is 0.190. The van der Waals surface area contributed by atoms with Gasteiger partial charge in [0.1, 0.15) is 6.90 Å². The summed E-state index contributed by atoms with van der Waals surface area (Å²) in [5.41, 5.74) is 6.28. The Morgan fingerprint density at radius 3 is 2.14 bits per heavy atom. The fourth-order valence-electron chi connectivity index (χ4n) is 3.06. The smallest absolute Gasteiger partial charge is 0.146 e. The molecule has 0 nitrogen and oxygen atoms in total. The van der Waals surface area contributed by atoms with Crippen LogP contribution in [0.5, 0.6) is 0 Å². The Labute approximate surface area is 143 Å². The SMILES string of the molecule is CCC1=Cc2cc(C(C)(C)C)cc([Si](C)(C)[Si](C)(C)Cl)c2C1. The highest BCUT2D eigenvalue weighted by Crippen LogP contribution is 2.34. The van der Waals surface area contributed by atoms with Gasteiger partial charge >= 0.3 is 0 Å². The van der Waals surface area contributed by atoms with Gasteiger partial charge in [0, 0.05) is 0 Å². The molecular weight excluding hydrogens is 320 g/mol. The molecule has 0 bridgehead atoms. The molecule has 0 aromatic heterocycles. The number of allylic oxidation sites excluding steroid dienone is 1. The fourth-order valence-corrected chi connectivity index (χ4v) is 8.71. The topological polar surface area (TPSA) is 0 Å². The van der Waals surface area contributed by atoms with Gasteiger partial charge in [-0.2, -0.15) is 11.1 Å². The van der Waals surface area contributed by atoms with Gasteiger partial charge < -0.3 is 0 Å². The van der Waals surface area contributed by atoms with Crippen LogP contribution in [0, 0.1) is 0 Å². The summed E-state index contributed by atoms with van der Waals surface area (Å²) in [6.07, 6.45) is 4.73. The van der Waals surface area contributed by atoms with Gasteiger partial charge in [0.05, 0.1) is 7.59 Å². The zero-order valence-electron chi connectivity index (χ0n) is 15.5. The summed E-state index contributed by atoms with van der Waals surface area (Å²) in [6, 6.07) is 4.93. The second-order valence-electron chi connectivity index (χ2n) is 8.77. The molecule has 0 fully saturated rings. The Morgan fingerprint density at radius 1 is 1.09 bits per heavy atom. The lowest BCUT2D eigenvalue weighted by Crippen LogP contribution is -2.61. The molecule has 0 aliphatic heterocycles. The van der Waals surface area contributed by atoms with Crippen molar-refractivity contribution in [3.63, 3.8) is 0 Å². The molecule has 0 heterocycles. The zero-order chi connectivity index (χ0) is 16.9. The number of hydrogen-bond acceptors (Lipinski definition) is 0. The Bertz CT molecular complexity index is 614. The predicted molar refractivity (Wildman–Crippen MR) is 108 cm³/mol. The second kappa shape index (κ2) is 5.64. The maximum absolute atomic E-state index is 6.98. The summed E-state index contributed by atoms with van der Waals surface area (Å²) in [7, 11) is -1.62. The van der Waals surface area contributed by atoms with E-state index in [1.54, 1.807) is 16.3 Å². The van der Waals surface area contributed by atoms with Gasteiger partial charge in [-0.05, 0) is 34.9 Å². The first-order valence-corrected chi connectivity index (χ1v) is 16.5. The van der Waals surface area contributed by atoms with Crippen LogP contribution < -0.4 is 5.19 Å². The molecule has 0 N–H and O–H groups in total. The lowest BCUT2D eigenvalue weighted by atomic mass is 9.85. The highest BCUT2D eigenvalue weighted by Gasteiger charge is 2.43. The van der Waals surface area contributed by atoms with E-state index in [1.165, 1.54) is 11.1 Å². The van der Waals surface area contributed by atoms with E-state index in [0.717, 1.165) is 12.8 Å². The van der Waals surface area contributed by atoms with Crippen LogP contribution >= 0.6 is 11.1 Å². The van der Waals surface area contributed by atoms with Crippen molar-refractivity contribution in [2.45, 2.75) is 72.1 Å². The molecule has 122 valence electrons. The van der Waals surface area contributed by atoms with Gasteiger partial charge in [-0.1, -0.05) is 82.9 Å². The van der Waals surface area contributed by atoms with Crippen molar-refractivity contribution in [1.82, 2.24) is 0 Å². The zero-order valence-corrected chi connectivity index (χ0v) is 18.3. The molecule has 0 atom stereocenters. The molecule has 0 unspecified atom stereocenters. The summed E-state index contributed by atoms with van der Waals surface area (Å²) in [6.45, 7) is 17.2. The van der Waals surface area contributed by atoms with Crippen LogP contribution in [0.15, 0.2) is 17.7 Å². The normalized spacial score (nSPS) is 15.8. The van der Waals surface area contributed by atoms with E-state index in [-0.39, 0.29) is 5.41 Å². The molecular formula is C19H31ClSi2. The summed E-state index contributed by atoms with van der Waals surface area (Å²) in [4.78, 5) is 0. The standard InChI is InChI=1S/C19H31ClSi2/c1-9-14-10-15-12-16(19(2,3)4)13-18(17(15)11-14)21(5,6)22(7,8)20/h10,12-13H,9,11H2,1-8H3. The van der Waals surface area contributed by atoms with Gasteiger partial charge in [-0.25, -0.2) is 0 Å². The van der Waals surface area contributed by atoms with E-state index < -0.39 is 14.5 Å². The Balaban J connectivity index is 2.70. The van der Waals surface area contributed by atoms with Gasteiger partial charge in [0.25, 0.3) is 0 Å². The van der Waals surface area contributed by atoms with Crippen molar-refractivity contribution in [2.24, 2.45) is 0 Å². The third-order valence-corrected chi connectivity index (χ3v) is 24.3. The number of benzene rings is 1. The van der Waals surface area contributed by atoms with E-state index in [9.17, 15) is 0 Å². The molecule has 0 saturated heterocycles. The van der Waals surface area contributed by atoms with E-state index in [1.807, 2.05) is 0 Å². The summed E-state index contributed by atoms with van der Waals surface area (Å²) in [5, 5.41) is 1.63. The summed E-state index contributed by atoms with van der Waals surface area (Å²) in [5.74, 6) is 0.